The summed E-state index contributed by atoms with van der Waals surface area (Å²) in [5.41, 5.74) is -1.12. The van der Waals surface area contributed by atoms with E-state index in [0.29, 0.717) is 28.6 Å². The zero-order valence-corrected chi connectivity index (χ0v) is 13.5. The van der Waals surface area contributed by atoms with Crippen LogP contribution < -0.4 is 11.2 Å². The Bertz CT molecular complexity index is 857. The summed E-state index contributed by atoms with van der Waals surface area (Å²) in [5, 5.41) is 0.735. The van der Waals surface area contributed by atoms with E-state index in [1.807, 2.05) is 0 Å². The van der Waals surface area contributed by atoms with E-state index in [-0.39, 0.29) is 6.54 Å². The first-order chi connectivity index (χ1) is 11.0. The van der Waals surface area contributed by atoms with Gasteiger partial charge in [0.1, 0.15) is 6.23 Å². The normalized spacial score (nSPS) is 17.6. The molecular weight excluding hydrogens is 346 g/mol. The summed E-state index contributed by atoms with van der Waals surface area (Å²) in [6.45, 7) is 0.360. The van der Waals surface area contributed by atoms with E-state index in [1.165, 1.54) is 6.07 Å². The molecule has 8 heteroatoms. The van der Waals surface area contributed by atoms with Gasteiger partial charge in [0.25, 0.3) is 5.56 Å². The summed E-state index contributed by atoms with van der Waals surface area (Å²) >= 11 is 11.9. The Labute approximate surface area is 140 Å². The zero-order valence-electron chi connectivity index (χ0n) is 12.0. The molecule has 23 heavy (non-hydrogen) atoms. The molecule has 3 rings (SSSR count). The summed E-state index contributed by atoms with van der Waals surface area (Å²) in [6.07, 6.45) is 1.73. The number of halogens is 3. The van der Waals surface area contributed by atoms with E-state index in [0.717, 1.165) is 21.8 Å². The van der Waals surface area contributed by atoms with E-state index in [2.05, 4.69) is 0 Å². The van der Waals surface area contributed by atoms with Crippen molar-refractivity contribution in [3.8, 4) is 0 Å². The van der Waals surface area contributed by atoms with Crippen LogP contribution in [0, 0.1) is 5.82 Å². The highest BCUT2D eigenvalue weighted by Gasteiger charge is 2.22. The van der Waals surface area contributed by atoms with Crippen LogP contribution in [0.1, 0.15) is 24.6 Å². The van der Waals surface area contributed by atoms with E-state index < -0.39 is 23.3 Å². The largest absolute Gasteiger partial charge is 0.358 e. The summed E-state index contributed by atoms with van der Waals surface area (Å²) in [6, 6.07) is 4.69. The Balaban J connectivity index is 2.07. The lowest BCUT2D eigenvalue weighted by Gasteiger charge is -2.16. The van der Waals surface area contributed by atoms with Crippen LogP contribution in [0.2, 0.25) is 10.0 Å². The number of rotatable bonds is 3. The highest BCUT2D eigenvalue weighted by Crippen LogP contribution is 2.22. The molecule has 0 aliphatic carbocycles. The van der Waals surface area contributed by atoms with Crippen molar-refractivity contribution in [1.82, 2.24) is 9.13 Å². The standard InChI is InChI=1S/C15H13Cl2FN2O3/c16-10-4-3-9(11(17)6-10)7-20-14(21)12(18)8-19(15(20)22)13-2-1-5-23-13/h3-4,6,8,13H,1-2,5,7H2. The predicted molar refractivity (Wildman–Crippen MR) is 84.7 cm³/mol. The van der Waals surface area contributed by atoms with Gasteiger partial charge in [-0.25, -0.2) is 4.79 Å². The lowest BCUT2D eigenvalue weighted by Crippen LogP contribution is -2.42. The van der Waals surface area contributed by atoms with Crippen LogP contribution in [0.25, 0.3) is 0 Å². The summed E-state index contributed by atoms with van der Waals surface area (Å²) in [7, 11) is 0. The molecule has 0 bridgehead atoms. The van der Waals surface area contributed by atoms with E-state index in [4.69, 9.17) is 27.9 Å². The highest BCUT2D eigenvalue weighted by molar-refractivity contribution is 6.35. The molecule has 1 saturated heterocycles. The fourth-order valence-corrected chi connectivity index (χ4v) is 3.00. The molecule has 1 fully saturated rings. The van der Waals surface area contributed by atoms with Crippen molar-refractivity contribution in [2.45, 2.75) is 25.6 Å². The average Bonchev–Trinajstić information content (AvgIpc) is 3.03. The van der Waals surface area contributed by atoms with Crippen LogP contribution in [0.5, 0.6) is 0 Å². The van der Waals surface area contributed by atoms with Crippen molar-refractivity contribution in [3.05, 3.63) is 66.7 Å². The number of aromatic nitrogens is 2. The molecule has 5 nitrogen and oxygen atoms in total. The van der Waals surface area contributed by atoms with Gasteiger partial charge in [0.2, 0.25) is 5.82 Å². The van der Waals surface area contributed by atoms with Crippen LogP contribution in [-0.4, -0.2) is 15.7 Å². The smallest absolute Gasteiger partial charge is 0.333 e. The van der Waals surface area contributed by atoms with Gasteiger partial charge in [-0.3, -0.25) is 13.9 Å². The Kier molecular flexibility index (Phi) is 4.57. The molecule has 0 spiro atoms. The van der Waals surface area contributed by atoms with Crippen LogP contribution in [0.15, 0.2) is 34.0 Å². The number of hydrogen-bond donors (Lipinski definition) is 0. The number of nitrogens with zero attached hydrogens (tertiary/aromatic N) is 2. The summed E-state index contributed by atoms with van der Waals surface area (Å²) in [5.74, 6) is -1.01. The van der Waals surface area contributed by atoms with Gasteiger partial charge in [-0.2, -0.15) is 4.39 Å². The summed E-state index contributed by atoms with van der Waals surface area (Å²) < 4.78 is 21.3. The predicted octanol–water partition coefficient (Wildman–Crippen LogP) is 2.81. The molecular formula is C15H13Cl2FN2O3. The number of hydrogen-bond acceptors (Lipinski definition) is 3. The van der Waals surface area contributed by atoms with Gasteiger partial charge in [-0.05, 0) is 30.5 Å². The van der Waals surface area contributed by atoms with Crippen molar-refractivity contribution in [2.75, 3.05) is 6.61 Å². The van der Waals surface area contributed by atoms with Crippen LogP contribution in [0.3, 0.4) is 0 Å². The molecule has 122 valence electrons. The first kappa shape index (κ1) is 16.2. The van der Waals surface area contributed by atoms with Gasteiger partial charge in [-0.15, -0.1) is 0 Å². The third kappa shape index (κ3) is 3.20. The lowest BCUT2D eigenvalue weighted by molar-refractivity contribution is 0.0504. The van der Waals surface area contributed by atoms with Gasteiger partial charge in [0, 0.05) is 16.7 Å². The topological polar surface area (TPSA) is 53.2 Å². The molecule has 1 atom stereocenters. The number of benzene rings is 1. The van der Waals surface area contributed by atoms with Crippen molar-refractivity contribution < 1.29 is 9.13 Å². The fraction of sp³-hybridized carbons (Fsp3) is 0.333. The van der Waals surface area contributed by atoms with Crippen molar-refractivity contribution >= 4 is 23.2 Å². The first-order valence-corrected chi connectivity index (χ1v) is 7.80. The van der Waals surface area contributed by atoms with Gasteiger partial charge in [-0.1, -0.05) is 29.3 Å². The maximum absolute atomic E-state index is 13.9. The second-order valence-electron chi connectivity index (χ2n) is 5.26. The second-order valence-corrected chi connectivity index (χ2v) is 6.11. The molecule has 0 radical (unpaired) electrons. The van der Waals surface area contributed by atoms with E-state index >= 15 is 0 Å². The van der Waals surface area contributed by atoms with Gasteiger partial charge in [0.05, 0.1) is 12.7 Å². The van der Waals surface area contributed by atoms with E-state index in [1.54, 1.807) is 12.1 Å². The maximum Gasteiger partial charge on any atom is 0.333 e. The first-order valence-electron chi connectivity index (χ1n) is 7.04. The Hall–Kier alpha value is -1.63. The monoisotopic (exact) mass is 358 g/mol. The Morgan fingerprint density at radius 2 is 2.09 bits per heavy atom. The summed E-state index contributed by atoms with van der Waals surface area (Å²) in [4.78, 5) is 24.5. The number of ether oxygens (including phenoxy) is 1. The quantitative estimate of drug-likeness (QED) is 0.847. The Morgan fingerprint density at radius 1 is 1.30 bits per heavy atom. The molecule has 1 aromatic heterocycles. The van der Waals surface area contributed by atoms with Crippen molar-refractivity contribution in [1.29, 1.82) is 0 Å². The minimum absolute atomic E-state index is 0.141. The minimum Gasteiger partial charge on any atom is -0.358 e. The molecule has 2 heterocycles. The third-order valence-corrected chi connectivity index (χ3v) is 4.30. The second kappa shape index (κ2) is 6.47. The molecule has 0 amide bonds. The maximum atomic E-state index is 13.9. The van der Waals surface area contributed by atoms with Crippen LogP contribution in [0.4, 0.5) is 4.39 Å². The Morgan fingerprint density at radius 3 is 2.74 bits per heavy atom. The molecule has 1 unspecified atom stereocenters. The van der Waals surface area contributed by atoms with Crippen molar-refractivity contribution in [2.24, 2.45) is 0 Å². The SMILES string of the molecule is O=c1c(F)cn(C2CCCO2)c(=O)n1Cc1ccc(Cl)cc1Cl. The van der Waals surface area contributed by atoms with Crippen LogP contribution in [-0.2, 0) is 11.3 Å². The van der Waals surface area contributed by atoms with Crippen molar-refractivity contribution in [3.63, 3.8) is 0 Å². The third-order valence-electron chi connectivity index (χ3n) is 3.71. The minimum atomic E-state index is -1.01. The molecule has 2 aromatic rings. The van der Waals surface area contributed by atoms with Gasteiger partial charge < -0.3 is 4.74 Å². The molecule has 1 aliphatic rings. The highest BCUT2D eigenvalue weighted by atomic mass is 35.5. The van der Waals surface area contributed by atoms with Crippen LogP contribution >= 0.6 is 23.2 Å². The average molecular weight is 359 g/mol. The molecule has 1 aliphatic heterocycles. The fourth-order valence-electron chi connectivity index (χ4n) is 2.53. The molecule has 0 saturated carbocycles. The zero-order chi connectivity index (χ0) is 16.6. The van der Waals surface area contributed by atoms with Gasteiger partial charge >= 0.3 is 5.69 Å². The van der Waals surface area contributed by atoms with Gasteiger partial charge in [0.15, 0.2) is 0 Å². The van der Waals surface area contributed by atoms with E-state index in [9.17, 15) is 14.0 Å². The molecule has 0 N–H and O–H groups in total. The molecule has 1 aromatic carbocycles. The lowest BCUT2D eigenvalue weighted by atomic mass is 10.2.